The second-order valence-electron chi connectivity index (χ2n) is 4.83. The van der Waals surface area contributed by atoms with Gasteiger partial charge in [0.25, 0.3) is 0 Å². The zero-order chi connectivity index (χ0) is 14.4. The van der Waals surface area contributed by atoms with Crippen LogP contribution in [-0.2, 0) is 23.6 Å². The lowest BCUT2D eigenvalue weighted by Gasteiger charge is -2.08. The van der Waals surface area contributed by atoms with Crippen molar-refractivity contribution in [2.45, 2.75) is 25.8 Å². The fraction of sp³-hybridized carbons (Fsp3) is 0.235. The Hall–Kier alpha value is -1.80. The number of aryl methyl sites for hydroxylation is 1. The highest BCUT2D eigenvalue weighted by Gasteiger charge is 2.05. The molecule has 2 aromatic rings. The van der Waals surface area contributed by atoms with Gasteiger partial charge in [-0.15, -0.1) is 11.6 Å². The molecule has 0 aliphatic carbocycles. The minimum Gasteiger partial charge on any atom is -0.352 e. The Morgan fingerprint density at radius 3 is 2.35 bits per heavy atom. The van der Waals surface area contributed by atoms with E-state index in [1.54, 1.807) is 0 Å². The number of amides is 1. The summed E-state index contributed by atoms with van der Waals surface area (Å²) in [4.78, 5) is 11.9. The van der Waals surface area contributed by atoms with Gasteiger partial charge in [0.2, 0.25) is 5.91 Å². The van der Waals surface area contributed by atoms with Crippen LogP contribution in [0.25, 0.3) is 0 Å². The summed E-state index contributed by atoms with van der Waals surface area (Å²) in [5.41, 5.74) is 4.38. The summed E-state index contributed by atoms with van der Waals surface area (Å²) < 4.78 is 0. The van der Waals surface area contributed by atoms with Gasteiger partial charge < -0.3 is 5.32 Å². The Kier molecular flexibility index (Phi) is 5.19. The van der Waals surface area contributed by atoms with Gasteiger partial charge in [0.15, 0.2) is 0 Å². The van der Waals surface area contributed by atoms with Crippen molar-refractivity contribution in [1.29, 1.82) is 0 Å². The van der Waals surface area contributed by atoms with E-state index < -0.39 is 0 Å². The molecular formula is C17H18ClNO. The van der Waals surface area contributed by atoms with E-state index in [1.165, 1.54) is 0 Å². The van der Waals surface area contributed by atoms with Crippen LogP contribution >= 0.6 is 11.6 Å². The first-order chi connectivity index (χ1) is 9.69. The fourth-order valence-electron chi connectivity index (χ4n) is 1.99. The molecule has 0 aliphatic rings. The third-order valence-electron chi connectivity index (χ3n) is 3.28. The molecule has 1 amide bonds. The van der Waals surface area contributed by atoms with Gasteiger partial charge in [0.05, 0.1) is 6.42 Å². The first-order valence-corrected chi connectivity index (χ1v) is 7.17. The minimum atomic E-state index is 0.0423. The summed E-state index contributed by atoms with van der Waals surface area (Å²) in [5, 5.41) is 2.94. The number of carbonyl (C=O) groups is 1. The molecule has 0 spiro atoms. The monoisotopic (exact) mass is 287 g/mol. The lowest BCUT2D eigenvalue weighted by atomic mass is 10.1. The van der Waals surface area contributed by atoms with Crippen molar-refractivity contribution < 1.29 is 4.79 Å². The smallest absolute Gasteiger partial charge is 0.224 e. The quantitative estimate of drug-likeness (QED) is 0.837. The molecule has 2 rings (SSSR count). The molecule has 0 atom stereocenters. The van der Waals surface area contributed by atoms with E-state index in [9.17, 15) is 4.79 Å². The third-order valence-corrected chi connectivity index (χ3v) is 3.59. The maximum absolute atomic E-state index is 11.9. The molecule has 0 aromatic heterocycles. The highest BCUT2D eigenvalue weighted by Crippen LogP contribution is 2.09. The molecule has 20 heavy (non-hydrogen) atoms. The van der Waals surface area contributed by atoms with E-state index in [2.05, 4.69) is 5.32 Å². The van der Waals surface area contributed by atoms with Crippen molar-refractivity contribution in [3.05, 3.63) is 70.8 Å². The van der Waals surface area contributed by atoms with Crippen molar-refractivity contribution in [1.82, 2.24) is 5.32 Å². The predicted molar refractivity (Wildman–Crippen MR) is 82.7 cm³/mol. The highest BCUT2D eigenvalue weighted by atomic mass is 35.5. The first-order valence-electron chi connectivity index (χ1n) is 6.64. The van der Waals surface area contributed by atoms with E-state index >= 15 is 0 Å². The van der Waals surface area contributed by atoms with Crippen LogP contribution in [0.4, 0.5) is 0 Å². The molecule has 0 saturated heterocycles. The zero-order valence-electron chi connectivity index (χ0n) is 11.5. The number of alkyl halides is 1. The number of benzene rings is 2. The Bertz CT molecular complexity index is 578. The molecule has 0 fully saturated rings. The SMILES string of the molecule is Cc1ccccc1CC(=O)NCc1ccc(CCl)cc1. The lowest BCUT2D eigenvalue weighted by Crippen LogP contribution is -2.24. The van der Waals surface area contributed by atoms with Crippen LogP contribution in [0, 0.1) is 6.92 Å². The van der Waals surface area contributed by atoms with Crippen molar-refractivity contribution >= 4 is 17.5 Å². The topological polar surface area (TPSA) is 29.1 Å². The Morgan fingerprint density at radius 1 is 1.05 bits per heavy atom. The van der Waals surface area contributed by atoms with Gasteiger partial charge >= 0.3 is 0 Å². The Balaban J connectivity index is 1.87. The first kappa shape index (κ1) is 14.6. The van der Waals surface area contributed by atoms with Crippen LogP contribution in [0.2, 0.25) is 0 Å². The van der Waals surface area contributed by atoms with Crippen LogP contribution in [0.1, 0.15) is 22.3 Å². The van der Waals surface area contributed by atoms with E-state index in [4.69, 9.17) is 11.6 Å². The number of hydrogen-bond acceptors (Lipinski definition) is 1. The van der Waals surface area contributed by atoms with Crippen molar-refractivity contribution in [3.63, 3.8) is 0 Å². The minimum absolute atomic E-state index is 0.0423. The molecule has 2 aromatic carbocycles. The fourth-order valence-corrected chi connectivity index (χ4v) is 2.17. The van der Waals surface area contributed by atoms with Crippen LogP contribution in [0.15, 0.2) is 48.5 Å². The standard InChI is InChI=1S/C17H18ClNO/c1-13-4-2-3-5-16(13)10-17(20)19-12-15-8-6-14(11-18)7-9-15/h2-9H,10-12H2,1H3,(H,19,20). The molecule has 2 nitrogen and oxygen atoms in total. The normalized spacial score (nSPS) is 10.3. The van der Waals surface area contributed by atoms with E-state index in [0.717, 1.165) is 22.3 Å². The molecule has 104 valence electrons. The maximum atomic E-state index is 11.9. The number of hydrogen-bond donors (Lipinski definition) is 1. The third kappa shape index (κ3) is 4.10. The summed E-state index contributed by atoms with van der Waals surface area (Å²) in [6, 6.07) is 15.9. The molecule has 0 saturated carbocycles. The maximum Gasteiger partial charge on any atom is 0.224 e. The Labute approximate surface area is 124 Å². The summed E-state index contributed by atoms with van der Waals surface area (Å²) in [6.45, 7) is 2.57. The molecule has 1 N–H and O–H groups in total. The van der Waals surface area contributed by atoms with Gasteiger partial charge in [-0.3, -0.25) is 4.79 Å². The van der Waals surface area contributed by atoms with Crippen molar-refractivity contribution in [2.24, 2.45) is 0 Å². The van der Waals surface area contributed by atoms with Crippen LogP contribution in [-0.4, -0.2) is 5.91 Å². The van der Waals surface area contributed by atoms with Crippen LogP contribution in [0.3, 0.4) is 0 Å². The van der Waals surface area contributed by atoms with Gasteiger partial charge in [0.1, 0.15) is 0 Å². The Morgan fingerprint density at radius 2 is 1.70 bits per heavy atom. The molecule has 0 heterocycles. The van der Waals surface area contributed by atoms with Gasteiger partial charge in [-0.05, 0) is 29.2 Å². The number of rotatable bonds is 5. The van der Waals surface area contributed by atoms with E-state index in [1.807, 2.05) is 55.5 Å². The summed E-state index contributed by atoms with van der Waals surface area (Å²) in [7, 11) is 0. The molecule has 3 heteroatoms. The van der Waals surface area contributed by atoms with Gasteiger partial charge in [-0.25, -0.2) is 0 Å². The molecule has 0 radical (unpaired) electrons. The zero-order valence-corrected chi connectivity index (χ0v) is 12.3. The number of nitrogens with one attached hydrogen (secondary N) is 1. The van der Waals surface area contributed by atoms with Gasteiger partial charge in [0, 0.05) is 12.4 Å². The predicted octanol–water partition coefficient (Wildman–Crippen LogP) is 3.59. The largest absolute Gasteiger partial charge is 0.352 e. The van der Waals surface area contributed by atoms with E-state index in [-0.39, 0.29) is 5.91 Å². The second kappa shape index (κ2) is 7.11. The van der Waals surface area contributed by atoms with Crippen LogP contribution < -0.4 is 5.32 Å². The van der Waals surface area contributed by atoms with Crippen molar-refractivity contribution in [3.8, 4) is 0 Å². The lowest BCUT2D eigenvalue weighted by molar-refractivity contribution is -0.120. The summed E-state index contributed by atoms with van der Waals surface area (Å²) in [5.74, 6) is 0.556. The summed E-state index contributed by atoms with van der Waals surface area (Å²) in [6.07, 6.45) is 0.423. The average Bonchev–Trinajstić information content (AvgIpc) is 2.48. The molecule has 0 unspecified atom stereocenters. The van der Waals surface area contributed by atoms with Crippen LogP contribution in [0.5, 0.6) is 0 Å². The summed E-state index contributed by atoms with van der Waals surface area (Å²) >= 11 is 5.74. The van der Waals surface area contributed by atoms with Gasteiger partial charge in [-0.1, -0.05) is 48.5 Å². The van der Waals surface area contributed by atoms with Gasteiger partial charge in [-0.2, -0.15) is 0 Å². The number of halogens is 1. The molecular weight excluding hydrogens is 270 g/mol. The van der Waals surface area contributed by atoms with E-state index in [0.29, 0.717) is 18.8 Å². The highest BCUT2D eigenvalue weighted by molar-refractivity contribution is 6.17. The number of carbonyl (C=O) groups excluding carboxylic acids is 1. The molecule has 0 bridgehead atoms. The average molecular weight is 288 g/mol. The van der Waals surface area contributed by atoms with Crippen molar-refractivity contribution in [2.75, 3.05) is 0 Å². The second-order valence-corrected chi connectivity index (χ2v) is 5.10. The molecule has 0 aliphatic heterocycles.